The number of rotatable bonds is 8. The highest BCUT2D eigenvalue weighted by atomic mass is 32.2. The van der Waals surface area contributed by atoms with Crippen LogP contribution in [0.3, 0.4) is 0 Å². The first-order valence-corrected chi connectivity index (χ1v) is 12.5. The first-order valence-electron chi connectivity index (χ1n) is 11.5. The molecule has 1 aromatic carbocycles. The first kappa shape index (κ1) is 21.3. The van der Waals surface area contributed by atoms with Crippen LogP contribution in [0.1, 0.15) is 44.6 Å². The minimum atomic E-state index is -0.0392. The summed E-state index contributed by atoms with van der Waals surface area (Å²) in [7, 11) is 0. The van der Waals surface area contributed by atoms with E-state index in [2.05, 4.69) is 32.1 Å². The Morgan fingerprint density at radius 1 is 1.12 bits per heavy atom. The van der Waals surface area contributed by atoms with Crippen molar-refractivity contribution in [3.63, 3.8) is 0 Å². The molecule has 1 aliphatic carbocycles. The molecule has 1 aliphatic heterocycles. The second-order valence-electron chi connectivity index (χ2n) is 8.47. The molecule has 2 fully saturated rings. The molecule has 1 N–H and O–H groups in total. The molecule has 1 atom stereocenters. The standard InChI is InChI=1S/C24H29N5O2S/c30-23(27-22-12-13-26-29(22)19-9-4-5-10-19)17-32-24-25-15-21(18-7-2-1-3-8-18)28(24)16-20-11-6-14-31-20/h1-3,7-8,12-13,15,19-20H,4-6,9-11,14,16-17H2,(H,27,30). The molecule has 0 spiro atoms. The molecule has 3 aromatic rings. The summed E-state index contributed by atoms with van der Waals surface area (Å²) in [5.74, 6) is 1.05. The Labute approximate surface area is 192 Å². The predicted molar refractivity (Wildman–Crippen MR) is 126 cm³/mol. The van der Waals surface area contributed by atoms with Gasteiger partial charge in [-0.05, 0) is 31.2 Å². The number of nitrogens with one attached hydrogen (secondary N) is 1. The van der Waals surface area contributed by atoms with Gasteiger partial charge in [-0.15, -0.1) is 0 Å². The van der Waals surface area contributed by atoms with Gasteiger partial charge in [0.15, 0.2) is 5.16 Å². The van der Waals surface area contributed by atoms with Crippen LogP contribution in [-0.4, -0.2) is 43.7 Å². The zero-order valence-corrected chi connectivity index (χ0v) is 19.0. The quantitative estimate of drug-likeness (QED) is 0.499. The van der Waals surface area contributed by atoms with Crippen molar-refractivity contribution in [2.24, 2.45) is 0 Å². The summed E-state index contributed by atoms with van der Waals surface area (Å²) in [4.78, 5) is 17.4. The Morgan fingerprint density at radius 2 is 1.97 bits per heavy atom. The van der Waals surface area contributed by atoms with Gasteiger partial charge in [0, 0.05) is 12.7 Å². The maximum Gasteiger partial charge on any atom is 0.235 e. The molecule has 2 aromatic heterocycles. The summed E-state index contributed by atoms with van der Waals surface area (Å²) in [5, 5.41) is 8.34. The van der Waals surface area contributed by atoms with Crippen LogP contribution in [0.15, 0.2) is 53.9 Å². The number of aromatic nitrogens is 4. The third kappa shape index (κ3) is 4.76. The number of carbonyl (C=O) groups is 1. The summed E-state index contributed by atoms with van der Waals surface area (Å²) in [5.41, 5.74) is 2.18. The monoisotopic (exact) mass is 451 g/mol. The average molecular weight is 452 g/mol. The molecule has 1 amide bonds. The summed E-state index contributed by atoms with van der Waals surface area (Å²) in [6.07, 6.45) is 10.7. The Morgan fingerprint density at radius 3 is 2.75 bits per heavy atom. The lowest BCUT2D eigenvalue weighted by Crippen LogP contribution is -2.20. The number of anilines is 1. The van der Waals surface area contributed by atoms with Crippen molar-refractivity contribution in [2.45, 2.75) is 62.4 Å². The Hall–Kier alpha value is -2.58. The molecular formula is C24H29N5O2S. The third-order valence-corrected chi connectivity index (χ3v) is 7.23. The summed E-state index contributed by atoms with van der Waals surface area (Å²) in [6.45, 7) is 1.57. The van der Waals surface area contributed by atoms with Crippen LogP contribution in [0.4, 0.5) is 5.82 Å². The maximum absolute atomic E-state index is 12.7. The van der Waals surface area contributed by atoms with E-state index >= 15 is 0 Å². The molecule has 3 heterocycles. The normalized spacial score (nSPS) is 18.9. The van der Waals surface area contributed by atoms with Gasteiger partial charge >= 0.3 is 0 Å². The van der Waals surface area contributed by atoms with E-state index in [1.54, 1.807) is 6.20 Å². The van der Waals surface area contributed by atoms with Crippen molar-refractivity contribution in [2.75, 3.05) is 17.7 Å². The van der Waals surface area contributed by atoms with Gasteiger partial charge in [-0.1, -0.05) is 54.9 Å². The van der Waals surface area contributed by atoms with Crippen molar-refractivity contribution in [1.29, 1.82) is 0 Å². The highest BCUT2D eigenvalue weighted by molar-refractivity contribution is 7.99. The van der Waals surface area contributed by atoms with Crippen molar-refractivity contribution in [1.82, 2.24) is 19.3 Å². The molecule has 1 unspecified atom stereocenters. The summed E-state index contributed by atoms with van der Waals surface area (Å²) < 4.78 is 10.1. The first-order chi connectivity index (χ1) is 15.8. The maximum atomic E-state index is 12.7. The van der Waals surface area contributed by atoms with E-state index in [-0.39, 0.29) is 12.0 Å². The Bertz CT molecular complexity index is 1040. The van der Waals surface area contributed by atoms with Crippen molar-refractivity contribution >= 4 is 23.5 Å². The van der Waals surface area contributed by atoms with E-state index in [0.29, 0.717) is 11.8 Å². The third-order valence-electron chi connectivity index (χ3n) is 6.24. The number of thioether (sulfide) groups is 1. The van der Waals surface area contributed by atoms with Crippen LogP contribution in [0.2, 0.25) is 0 Å². The van der Waals surface area contributed by atoms with Crippen molar-refractivity contribution in [3.05, 3.63) is 48.8 Å². The van der Waals surface area contributed by atoms with Gasteiger partial charge in [-0.25, -0.2) is 9.67 Å². The number of nitrogens with zero attached hydrogens (tertiary/aromatic N) is 4. The average Bonchev–Trinajstić information content (AvgIpc) is 3.61. The van der Waals surface area contributed by atoms with Gasteiger partial charge in [0.2, 0.25) is 5.91 Å². The number of benzene rings is 1. The van der Waals surface area contributed by atoms with Crippen LogP contribution in [0.25, 0.3) is 11.3 Å². The molecule has 0 bridgehead atoms. The van der Waals surface area contributed by atoms with E-state index < -0.39 is 0 Å². The molecule has 0 radical (unpaired) electrons. The molecule has 168 valence electrons. The number of hydrogen-bond donors (Lipinski definition) is 1. The van der Waals surface area contributed by atoms with E-state index in [4.69, 9.17) is 4.74 Å². The van der Waals surface area contributed by atoms with Gasteiger partial charge in [0.1, 0.15) is 5.82 Å². The second kappa shape index (κ2) is 9.92. The van der Waals surface area contributed by atoms with Gasteiger partial charge < -0.3 is 14.6 Å². The van der Waals surface area contributed by atoms with Crippen LogP contribution < -0.4 is 5.32 Å². The smallest absolute Gasteiger partial charge is 0.235 e. The van der Waals surface area contributed by atoms with E-state index in [9.17, 15) is 4.79 Å². The molecule has 1 saturated carbocycles. The van der Waals surface area contributed by atoms with Crippen LogP contribution >= 0.6 is 11.8 Å². The second-order valence-corrected chi connectivity index (χ2v) is 9.42. The lowest BCUT2D eigenvalue weighted by molar-refractivity contribution is -0.113. The summed E-state index contributed by atoms with van der Waals surface area (Å²) in [6, 6.07) is 12.5. The Kier molecular flexibility index (Phi) is 6.59. The molecule has 2 aliphatic rings. The lowest BCUT2D eigenvalue weighted by Gasteiger charge is -2.16. The van der Waals surface area contributed by atoms with E-state index in [1.807, 2.05) is 35.1 Å². The van der Waals surface area contributed by atoms with E-state index in [1.165, 1.54) is 24.6 Å². The lowest BCUT2D eigenvalue weighted by atomic mass is 10.1. The van der Waals surface area contributed by atoms with Gasteiger partial charge in [0.25, 0.3) is 0 Å². The largest absolute Gasteiger partial charge is 0.376 e. The molecule has 32 heavy (non-hydrogen) atoms. The molecule has 7 nitrogen and oxygen atoms in total. The number of imidazole rings is 1. The zero-order valence-electron chi connectivity index (χ0n) is 18.2. The van der Waals surface area contributed by atoms with Gasteiger partial charge in [0.05, 0.1) is 42.5 Å². The van der Waals surface area contributed by atoms with Crippen LogP contribution in [-0.2, 0) is 16.1 Å². The van der Waals surface area contributed by atoms with E-state index in [0.717, 1.165) is 61.1 Å². The van der Waals surface area contributed by atoms with Crippen molar-refractivity contribution < 1.29 is 9.53 Å². The highest BCUT2D eigenvalue weighted by Crippen LogP contribution is 2.32. The number of ether oxygens (including phenoxy) is 1. The number of carbonyl (C=O) groups excluding carboxylic acids is 1. The van der Waals surface area contributed by atoms with Crippen LogP contribution in [0, 0.1) is 0 Å². The predicted octanol–water partition coefficient (Wildman–Crippen LogP) is 4.77. The molecule has 8 heteroatoms. The zero-order chi connectivity index (χ0) is 21.8. The SMILES string of the molecule is O=C(CSc1ncc(-c2ccccc2)n1CC1CCCO1)Nc1ccnn1C1CCCC1. The minimum absolute atomic E-state index is 0.0392. The fourth-order valence-electron chi connectivity index (χ4n) is 4.64. The molecule has 1 saturated heterocycles. The fraction of sp³-hybridized carbons (Fsp3) is 0.458. The fourth-order valence-corrected chi connectivity index (χ4v) is 5.43. The summed E-state index contributed by atoms with van der Waals surface area (Å²) >= 11 is 1.47. The van der Waals surface area contributed by atoms with Gasteiger partial charge in [-0.3, -0.25) is 4.79 Å². The molecular weight excluding hydrogens is 422 g/mol. The minimum Gasteiger partial charge on any atom is -0.376 e. The number of amides is 1. The van der Waals surface area contributed by atoms with Crippen molar-refractivity contribution in [3.8, 4) is 11.3 Å². The highest BCUT2D eigenvalue weighted by Gasteiger charge is 2.23. The topological polar surface area (TPSA) is 74.0 Å². The molecule has 5 rings (SSSR count). The van der Waals surface area contributed by atoms with Crippen LogP contribution in [0.5, 0.6) is 0 Å². The number of hydrogen-bond acceptors (Lipinski definition) is 5. The van der Waals surface area contributed by atoms with Gasteiger partial charge in [-0.2, -0.15) is 5.10 Å². The Balaban J connectivity index is 1.28.